The normalized spacial score (nSPS) is 11.9. The first-order valence-electron chi connectivity index (χ1n) is 5.85. The number of aliphatic carboxylic acids is 2. The topological polar surface area (TPSA) is 77.8 Å². The van der Waals surface area contributed by atoms with E-state index in [1.54, 1.807) is 11.8 Å². The van der Waals surface area contributed by atoms with Gasteiger partial charge in [0.25, 0.3) is 0 Å². The molecule has 0 heterocycles. The number of nitrogens with zero attached hydrogens (tertiary/aromatic N) is 1. The fraction of sp³-hybridized carbons (Fsp3) is 0.385. The Morgan fingerprint density at radius 2 is 1.84 bits per heavy atom. The van der Waals surface area contributed by atoms with Crippen molar-refractivity contribution in [3.05, 3.63) is 30.1 Å². The summed E-state index contributed by atoms with van der Waals surface area (Å²) in [7, 11) is 0. The van der Waals surface area contributed by atoms with Crippen LogP contribution in [0.4, 0.5) is 10.1 Å². The minimum atomic E-state index is -0.963. The fourth-order valence-corrected chi connectivity index (χ4v) is 1.62. The van der Waals surface area contributed by atoms with Crippen molar-refractivity contribution >= 4 is 17.6 Å². The van der Waals surface area contributed by atoms with Gasteiger partial charge in [-0.2, -0.15) is 0 Å². The third-order valence-corrected chi connectivity index (χ3v) is 2.70. The molecule has 0 aliphatic heterocycles. The lowest BCUT2D eigenvalue weighted by molar-refractivity contribution is -0.140. The maximum Gasteiger partial charge on any atom is 0.308 e. The molecule has 1 aromatic rings. The minimum Gasteiger partial charge on any atom is -0.481 e. The average Bonchev–Trinajstić information content (AvgIpc) is 2.35. The van der Waals surface area contributed by atoms with Crippen LogP contribution in [0.3, 0.4) is 0 Å². The molecule has 5 nitrogen and oxygen atoms in total. The van der Waals surface area contributed by atoms with E-state index >= 15 is 0 Å². The van der Waals surface area contributed by atoms with Gasteiger partial charge in [-0.1, -0.05) is 6.92 Å². The van der Waals surface area contributed by atoms with Crippen LogP contribution in [0.2, 0.25) is 0 Å². The summed E-state index contributed by atoms with van der Waals surface area (Å²) in [6.45, 7) is 1.90. The predicted molar refractivity (Wildman–Crippen MR) is 67.7 cm³/mol. The molecule has 1 rings (SSSR count). The maximum absolute atomic E-state index is 12.8. The molecule has 0 radical (unpaired) electrons. The van der Waals surface area contributed by atoms with Crippen molar-refractivity contribution in [1.29, 1.82) is 0 Å². The molecule has 104 valence electrons. The largest absolute Gasteiger partial charge is 0.481 e. The summed E-state index contributed by atoms with van der Waals surface area (Å²) >= 11 is 0. The van der Waals surface area contributed by atoms with Crippen molar-refractivity contribution in [3.63, 3.8) is 0 Å². The van der Waals surface area contributed by atoms with E-state index in [4.69, 9.17) is 10.2 Å². The van der Waals surface area contributed by atoms with Crippen LogP contribution in [0, 0.1) is 11.7 Å². The van der Waals surface area contributed by atoms with Gasteiger partial charge in [0.05, 0.1) is 12.3 Å². The van der Waals surface area contributed by atoms with Gasteiger partial charge in [-0.05, 0) is 24.3 Å². The molecule has 0 saturated heterocycles. The predicted octanol–water partition coefficient (Wildman–Crippen LogP) is 1.83. The third kappa shape index (κ3) is 4.95. The van der Waals surface area contributed by atoms with Crippen LogP contribution in [-0.4, -0.2) is 35.2 Å². The van der Waals surface area contributed by atoms with Crippen molar-refractivity contribution in [2.45, 2.75) is 13.3 Å². The Labute approximate surface area is 110 Å². The third-order valence-electron chi connectivity index (χ3n) is 2.70. The Bertz CT molecular complexity index is 446. The van der Waals surface area contributed by atoms with Crippen LogP contribution in [0.1, 0.15) is 13.3 Å². The molecule has 6 heteroatoms. The van der Waals surface area contributed by atoms with Crippen LogP contribution in [0.15, 0.2) is 24.3 Å². The van der Waals surface area contributed by atoms with Crippen LogP contribution in [0.5, 0.6) is 0 Å². The highest BCUT2D eigenvalue weighted by Gasteiger charge is 2.17. The zero-order valence-electron chi connectivity index (χ0n) is 10.5. The Balaban J connectivity index is 2.81. The molecule has 0 fully saturated rings. The maximum atomic E-state index is 12.8. The summed E-state index contributed by atoms with van der Waals surface area (Å²) in [6, 6.07) is 5.53. The Morgan fingerprint density at radius 1 is 1.26 bits per heavy atom. The van der Waals surface area contributed by atoms with Gasteiger partial charge in [0, 0.05) is 18.8 Å². The van der Waals surface area contributed by atoms with Gasteiger partial charge in [-0.3, -0.25) is 9.59 Å². The fourth-order valence-electron chi connectivity index (χ4n) is 1.62. The molecule has 0 aliphatic rings. The lowest BCUT2D eigenvalue weighted by atomic mass is 10.1. The second kappa shape index (κ2) is 6.72. The van der Waals surface area contributed by atoms with Crippen molar-refractivity contribution in [3.8, 4) is 0 Å². The van der Waals surface area contributed by atoms with E-state index in [-0.39, 0.29) is 19.5 Å². The van der Waals surface area contributed by atoms with Gasteiger partial charge >= 0.3 is 11.9 Å². The SMILES string of the molecule is CC(CN(CCC(=O)O)c1ccc(F)cc1)C(=O)O. The summed E-state index contributed by atoms with van der Waals surface area (Å²) in [5, 5.41) is 17.6. The van der Waals surface area contributed by atoms with E-state index in [2.05, 4.69) is 0 Å². The van der Waals surface area contributed by atoms with Crippen molar-refractivity contribution in [2.24, 2.45) is 5.92 Å². The summed E-state index contributed by atoms with van der Waals surface area (Å²) in [4.78, 5) is 23.1. The van der Waals surface area contributed by atoms with Crippen LogP contribution < -0.4 is 4.90 Å². The second-order valence-electron chi connectivity index (χ2n) is 4.31. The van der Waals surface area contributed by atoms with Gasteiger partial charge in [-0.15, -0.1) is 0 Å². The molecule has 0 spiro atoms. The molecule has 0 saturated carbocycles. The lowest BCUT2D eigenvalue weighted by Crippen LogP contribution is -2.33. The number of halogens is 1. The molecule has 19 heavy (non-hydrogen) atoms. The number of benzene rings is 1. The first kappa shape index (κ1) is 14.9. The van der Waals surface area contributed by atoms with Crippen molar-refractivity contribution < 1.29 is 24.2 Å². The zero-order valence-corrected chi connectivity index (χ0v) is 10.5. The highest BCUT2D eigenvalue weighted by molar-refractivity contribution is 5.71. The second-order valence-corrected chi connectivity index (χ2v) is 4.31. The van der Waals surface area contributed by atoms with E-state index in [1.165, 1.54) is 24.3 Å². The summed E-state index contributed by atoms with van der Waals surface area (Å²) in [5.74, 6) is -2.95. The number of anilines is 1. The van der Waals surface area contributed by atoms with Gasteiger partial charge in [0.2, 0.25) is 0 Å². The molecule has 1 atom stereocenters. The molecule has 1 aromatic carbocycles. The first-order valence-corrected chi connectivity index (χ1v) is 5.85. The van der Waals surface area contributed by atoms with Crippen LogP contribution >= 0.6 is 0 Å². The number of carbonyl (C=O) groups is 2. The summed E-state index contributed by atoms with van der Waals surface area (Å²) in [6.07, 6.45) is -0.107. The number of carboxylic acid groups (broad SMARTS) is 2. The number of carboxylic acids is 2. The molecule has 0 aliphatic carbocycles. The van der Waals surface area contributed by atoms with Crippen molar-refractivity contribution in [1.82, 2.24) is 0 Å². The van der Waals surface area contributed by atoms with E-state index in [9.17, 15) is 14.0 Å². The minimum absolute atomic E-state index is 0.107. The zero-order chi connectivity index (χ0) is 14.4. The summed E-state index contributed by atoms with van der Waals surface area (Å²) < 4.78 is 12.8. The number of hydrogen-bond acceptors (Lipinski definition) is 3. The molecule has 1 unspecified atom stereocenters. The Morgan fingerprint density at radius 3 is 2.32 bits per heavy atom. The van der Waals surface area contributed by atoms with Gasteiger partial charge < -0.3 is 15.1 Å². The van der Waals surface area contributed by atoms with E-state index in [0.717, 1.165) is 0 Å². The van der Waals surface area contributed by atoms with Gasteiger partial charge in [-0.25, -0.2) is 4.39 Å². The molecule has 0 aromatic heterocycles. The highest BCUT2D eigenvalue weighted by atomic mass is 19.1. The molecule has 0 bridgehead atoms. The standard InChI is InChI=1S/C13H16FNO4/c1-9(13(18)19)8-15(7-6-12(16)17)11-4-2-10(14)3-5-11/h2-5,9H,6-8H2,1H3,(H,16,17)(H,18,19). The Hall–Kier alpha value is -2.11. The Kier molecular flexibility index (Phi) is 5.29. The average molecular weight is 269 g/mol. The molecule has 0 amide bonds. The van der Waals surface area contributed by atoms with E-state index in [0.29, 0.717) is 5.69 Å². The van der Waals surface area contributed by atoms with E-state index in [1.807, 2.05) is 0 Å². The molecule has 2 N–H and O–H groups in total. The first-order chi connectivity index (χ1) is 8.90. The molecular weight excluding hydrogens is 253 g/mol. The van der Waals surface area contributed by atoms with Crippen LogP contribution in [0.25, 0.3) is 0 Å². The monoisotopic (exact) mass is 269 g/mol. The molecular formula is C13H16FNO4. The number of rotatable bonds is 7. The van der Waals surface area contributed by atoms with E-state index < -0.39 is 23.7 Å². The lowest BCUT2D eigenvalue weighted by Gasteiger charge is -2.26. The van der Waals surface area contributed by atoms with Gasteiger partial charge in [0.15, 0.2) is 0 Å². The highest BCUT2D eigenvalue weighted by Crippen LogP contribution is 2.17. The van der Waals surface area contributed by atoms with Gasteiger partial charge in [0.1, 0.15) is 5.82 Å². The quantitative estimate of drug-likeness (QED) is 0.789. The smallest absolute Gasteiger partial charge is 0.308 e. The number of hydrogen-bond donors (Lipinski definition) is 2. The van der Waals surface area contributed by atoms with Crippen molar-refractivity contribution in [2.75, 3.05) is 18.0 Å². The summed E-state index contributed by atoms with van der Waals surface area (Å²) in [5.41, 5.74) is 0.607. The van der Waals surface area contributed by atoms with Crippen LogP contribution in [-0.2, 0) is 9.59 Å².